The van der Waals surface area contributed by atoms with Crippen LogP contribution in [0.4, 0.5) is 8.78 Å². The predicted molar refractivity (Wildman–Crippen MR) is 66.2 cm³/mol. The van der Waals surface area contributed by atoms with Crippen molar-refractivity contribution in [3.05, 3.63) is 53.6 Å². The molecule has 0 amide bonds. The second kappa shape index (κ2) is 3.91. The third-order valence-electron chi connectivity index (χ3n) is 2.85. The molecule has 90 valence electrons. The van der Waals surface area contributed by atoms with Gasteiger partial charge in [-0.05, 0) is 6.92 Å². The van der Waals surface area contributed by atoms with E-state index in [1.807, 2.05) is 31.2 Å². The fraction of sp³-hybridized carbons (Fsp3) is 0.0714. The fourth-order valence-corrected chi connectivity index (χ4v) is 1.85. The van der Waals surface area contributed by atoms with Gasteiger partial charge in [-0.2, -0.15) is 0 Å². The summed E-state index contributed by atoms with van der Waals surface area (Å²) in [6.45, 7) is 1.99. The van der Waals surface area contributed by atoms with Crippen molar-refractivity contribution in [2.45, 2.75) is 6.92 Å². The minimum absolute atomic E-state index is 0.421. The van der Waals surface area contributed by atoms with Crippen molar-refractivity contribution >= 4 is 11.0 Å². The molecule has 4 heteroatoms. The minimum atomic E-state index is -0.885. The quantitative estimate of drug-likeness (QED) is 0.692. The first-order chi connectivity index (χ1) is 8.63. The van der Waals surface area contributed by atoms with Crippen molar-refractivity contribution in [1.82, 2.24) is 9.97 Å². The lowest BCUT2D eigenvalue weighted by Gasteiger charge is -1.96. The van der Waals surface area contributed by atoms with Gasteiger partial charge in [0.05, 0.1) is 11.0 Å². The lowest BCUT2D eigenvalue weighted by molar-refractivity contribution is 0.510. The number of hydrogen-bond donors (Lipinski definition) is 1. The van der Waals surface area contributed by atoms with Crippen molar-refractivity contribution < 1.29 is 8.78 Å². The van der Waals surface area contributed by atoms with Gasteiger partial charge in [-0.15, -0.1) is 0 Å². The fourth-order valence-electron chi connectivity index (χ4n) is 1.85. The second-order valence-corrected chi connectivity index (χ2v) is 4.23. The maximum atomic E-state index is 13.1. The van der Waals surface area contributed by atoms with E-state index in [0.717, 1.165) is 23.3 Å². The van der Waals surface area contributed by atoms with E-state index in [9.17, 15) is 8.78 Å². The highest BCUT2D eigenvalue weighted by Crippen LogP contribution is 2.22. The van der Waals surface area contributed by atoms with Crippen molar-refractivity contribution in [3.63, 3.8) is 0 Å². The average Bonchev–Trinajstić information content (AvgIpc) is 2.73. The molecule has 0 aliphatic rings. The van der Waals surface area contributed by atoms with E-state index in [1.54, 1.807) is 0 Å². The van der Waals surface area contributed by atoms with Crippen molar-refractivity contribution in [2.24, 2.45) is 0 Å². The Bertz CT molecular complexity index is 675. The molecule has 0 fully saturated rings. The number of rotatable bonds is 1. The van der Waals surface area contributed by atoms with Gasteiger partial charge in [-0.1, -0.05) is 29.8 Å². The molecule has 3 aromatic rings. The summed E-state index contributed by atoms with van der Waals surface area (Å²) in [7, 11) is 0. The van der Waals surface area contributed by atoms with Gasteiger partial charge in [0.25, 0.3) is 0 Å². The van der Waals surface area contributed by atoms with Crippen LogP contribution in [0.5, 0.6) is 0 Å². The molecule has 3 rings (SSSR count). The molecule has 0 saturated carbocycles. The molecular formula is C14H10F2N2. The zero-order valence-electron chi connectivity index (χ0n) is 9.67. The minimum Gasteiger partial charge on any atom is -0.338 e. The highest BCUT2D eigenvalue weighted by atomic mass is 19.2. The number of nitrogens with one attached hydrogen (secondary N) is 1. The lowest BCUT2D eigenvalue weighted by atomic mass is 10.1. The van der Waals surface area contributed by atoms with Crippen LogP contribution in [-0.4, -0.2) is 9.97 Å². The standard InChI is InChI=1S/C14H10F2N2/c1-8-2-4-9(5-3-8)14-17-12-6-10(15)11(16)7-13(12)18-14/h2-7H,1H3,(H,17,18). The molecular weight excluding hydrogens is 234 g/mol. The zero-order chi connectivity index (χ0) is 12.7. The Morgan fingerprint density at radius 1 is 1.00 bits per heavy atom. The van der Waals surface area contributed by atoms with Gasteiger partial charge >= 0.3 is 0 Å². The first-order valence-corrected chi connectivity index (χ1v) is 5.55. The van der Waals surface area contributed by atoms with Crippen molar-refractivity contribution in [3.8, 4) is 11.4 Å². The van der Waals surface area contributed by atoms with Crippen LogP contribution in [0.15, 0.2) is 36.4 Å². The highest BCUT2D eigenvalue weighted by Gasteiger charge is 2.09. The number of benzene rings is 2. The molecule has 0 saturated heterocycles. The van der Waals surface area contributed by atoms with E-state index in [-0.39, 0.29) is 0 Å². The van der Waals surface area contributed by atoms with Crippen LogP contribution in [0.25, 0.3) is 22.4 Å². The van der Waals surface area contributed by atoms with Gasteiger partial charge < -0.3 is 4.98 Å². The van der Waals surface area contributed by atoms with Gasteiger partial charge in [0.1, 0.15) is 5.82 Å². The maximum absolute atomic E-state index is 13.1. The summed E-state index contributed by atoms with van der Waals surface area (Å²) in [5.41, 5.74) is 2.94. The third-order valence-corrected chi connectivity index (χ3v) is 2.85. The smallest absolute Gasteiger partial charge is 0.161 e. The normalized spacial score (nSPS) is 11.1. The summed E-state index contributed by atoms with van der Waals surface area (Å²) in [5.74, 6) is -1.15. The summed E-state index contributed by atoms with van der Waals surface area (Å²) in [5, 5.41) is 0. The number of imidazole rings is 1. The SMILES string of the molecule is Cc1ccc(-c2nc3cc(F)c(F)cc3[nH]2)cc1. The Hall–Kier alpha value is -2.23. The van der Waals surface area contributed by atoms with Gasteiger partial charge in [-0.25, -0.2) is 13.8 Å². The van der Waals surface area contributed by atoms with Gasteiger partial charge in [-0.3, -0.25) is 0 Å². The van der Waals surface area contributed by atoms with E-state index >= 15 is 0 Å². The molecule has 0 aliphatic carbocycles. The predicted octanol–water partition coefficient (Wildman–Crippen LogP) is 3.82. The molecule has 0 radical (unpaired) electrons. The average molecular weight is 244 g/mol. The van der Waals surface area contributed by atoms with Crippen LogP contribution < -0.4 is 0 Å². The molecule has 2 nitrogen and oxygen atoms in total. The molecule has 0 bridgehead atoms. The van der Waals surface area contributed by atoms with Crippen LogP contribution >= 0.6 is 0 Å². The van der Waals surface area contributed by atoms with E-state index in [4.69, 9.17) is 0 Å². The molecule has 2 aromatic carbocycles. The van der Waals surface area contributed by atoms with E-state index < -0.39 is 11.6 Å². The van der Waals surface area contributed by atoms with Crippen LogP contribution in [0.1, 0.15) is 5.56 Å². The molecule has 0 aliphatic heterocycles. The van der Waals surface area contributed by atoms with E-state index in [0.29, 0.717) is 16.9 Å². The number of halogens is 2. The molecule has 0 unspecified atom stereocenters. The van der Waals surface area contributed by atoms with E-state index in [1.165, 1.54) is 0 Å². The zero-order valence-corrected chi connectivity index (χ0v) is 9.67. The summed E-state index contributed by atoms with van der Waals surface area (Å²) in [4.78, 5) is 7.23. The summed E-state index contributed by atoms with van der Waals surface area (Å²) in [6.07, 6.45) is 0. The van der Waals surface area contributed by atoms with Gasteiger partial charge in [0.2, 0.25) is 0 Å². The number of nitrogens with zero attached hydrogens (tertiary/aromatic N) is 1. The number of aryl methyl sites for hydroxylation is 1. The molecule has 0 atom stereocenters. The summed E-state index contributed by atoms with van der Waals surface area (Å²) >= 11 is 0. The molecule has 0 spiro atoms. The Balaban J connectivity index is 2.16. The van der Waals surface area contributed by atoms with E-state index in [2.05, 4.69) is 9.97 Å². The number of fused-ring (bicyclic) bond motifs is 1. The lowest BCUT2D eigenvalue weighted by Crippen LogP contribution is -1.82. The number of aromatic nitrogens is 2. The monoisotopic (exact) mass is 244 g/mol. The van der Waals surface area contributed by atoms with Crippen molar-refractivity contribution in [1.29, 1.82) is 0 Å². The molecule has 1 aromatic heterocycles. The third kappa shape index (κ3) is 1.76. The largest absolute Gasteiger partial charge is 0.338 e. The first-order valence-electron chi connectivity index (χ1n) is 5.55. The molecule has 1 N–H and O–H groups in total. The van der Waals surface area contributed by atoms with Crippen LogP contribution in [-0.2, 0) is 0 Å². The van der Waals surface area contributed by atoms with Crippen molar-refractivity contribution in [2.75, 3.05) is 0 Å². The van der Waals surface area contributed by atoms with Gasteiger partial charge in [0.15, 0.2) is 11.6 Å². The summed E-state index contributed by atoms with van der Waals surface area (Å²) in [6, 6.07) is 9.97. The number of H-pyrrole nitrogens is 1. The van der Waals surface area contributed by atoms with Gasteiger partial charge in [0, 0.05) is 17.7 Å². The molecule has 18 heavy (non-hydrogen) atoms. The topological polar surface area (TPSA) is 28.7 Å². The Kier molecular flexibility index (Phi) is 2.37. The van der Waals surface area contributed by atoms with Crippen LogP contribution in [0, 0.1) is 18.6 Å². The Labute approximate surface area is 102 Å². The Morgan fingerprint density at radius 2 is 1.67 bits per heavy atom. The van der Waals surface area contributed by atoms with Crippen LogP contribution in [0.3, 0.4) is 0 Å². The Morgan fingerprint density at radius 3 is 2.39 bits per heavy atom. The number of hydrogen-bond acceptors (Lipinski definition) is 1. The highest BCUT2D eigenvalue weighted by molar-refractivity contribution is 5.79. The maximum Gasteiger partial charge on any atom is 0.161 e. The summed E-state index contributed by atoms with van der Waals surface area (Å²) < 4.78 is 26.2. The number of aromatic amines is 1. The molecule has 1 heterocycles. The second-order valence-electron chi connectivity index (χ2n) is 4.23. The first kappa shape index (κ1) is 10.9. The van der Waals surface area contributed by atoms with Crippen LogP contribution in [0.2, 0.25) is 0 Å².